The highest BCUT2D eigenvalue weighted by Crippen LogP contribution is 2.29. The van der Waals surface area contributed by atoms with Gasteiger partial charge in [0, 0.05) is 13.0 Å². The molecular formula is C12H15N3O2. The lowest BCUT2D eigenvalue weighted by atomic mass is 10.1. The highest BCUT2D eigenvalue weighted by atomic mass is 16.2. The third-order valence-corrected chi connectivity index (χ3v) is 2.76. The van der Waals surface area contributed by atoms with Crippen molar-refractivity contribution in [3.63, 3.8) is 0 Å². The van der Waals surface area contributed by atoms with Crippen LogP contribution in [0.4, 0.5) is 11.4 Å². The molecule has 1 aliphatic heterocycles. The van der Waals surface area contributed by atoms with E-state index in [2.05, 4.69) is 5.32 Å². The molecule has 1 aliphatic rings. The summed E-state index contributed by atoms with van der Waals surface area (Å²) >= 11 is 0. The van der Waals surface area contributed by atoms with Crippen molar-refractivity contribution in [2.24, 2.45) is 5.73 Å². The third-order valence-electron chi connectivity index (χ3n) is 2.76. The Morgan fingerprint density at radius 1 is 1.53 bits per heavy atom. The fraction of sp³-hybridized carbons (Fsp3) is 0.333. The molecule has 90 valence electrons. The summed E-state index contributed by atoms with van der Waals surface area (Å²) in [5.74, 6) is -0.254. The van der Waals surface area contributed by atoms with Gasteiger partial charge in [0.1, 0.15) is 0 Å². The summed E-state index contributed by atoms with van der Waals surface area (Å²) in [5.41, 5.74) is 7.81. The molecule has 0 unspecified atom stereocenters. The average Bonchev–Trinajstić information content (AvgIpc) is 2.46. The molecule has 0 saturated heterocycles. The fourth-order valence-electron chi connectivity index (χ4n) is 1.90. The van der Waals surface area contributed by atoms with Crippen molar-refractivity contribution in [2.75, 3.05) is 23.3 Å². The van der Waals surface area contributed by atoms with Gasteiger partial charge in [-0.2, -0.15) is 0 Å². The second kappa shape index (κ2) is 4.55. The van der Waals surface area contributed by atoms with Gasteiger partial charge in [0.2, 0.25) is 11.8 Å². The molecule has 1 aromatic carbocycles. The molecule has 0 aliphatic carbocycles. The van der Waals surface area contributed by atoms with E-state index in [0.717, 1.165) is 11.3 Å². The second-order valence-corrected chi connectivity index (χ2v) is 4.07. The van der Waals surface area contributed by atoms with E-state index in [0.29, 0.717) is 18.7 Å². The largest absolute Gasteiger partial charge is 0.324 e. The number of fused-ring (bicyclic) bond motifs is 1. The quantitative estimate of drug-likeness (QED) is 0.747. The number of nitrogens with one attached hydrogen (secondary N) is 1. The number of benzene rings is 1. The molecule has 5 heteroatoms. The average molecular weight is 233 g/mol. The van der Waals surface area contributed by atoms with Crippen molar-refractivity contribution < 1.29 is 9.59 Å². The molecule has 5 nitrogen and oxygen atoms in total. The van der Waals surface area contributed by atoms with E-state index in [1.54, 1.807) is 4.90 Å². The minimum atomic E-state index is -0.174. The van der Waals surface area contributed by atoms with Crippen LogP contribution in [0.25, 0.3) is 0 Å². The number of hydrogen-bond acceptors (Lipinski definition) is 3. The highest BCUT2D eigenvalue weighted by molar-refractivity contribution is 6.04. The van der Waals surface area contributed by atoms with E-state index >= 15 is 0 Å². The van der Waals surface area contributed by atoms with Crippen LogP contribution in [0.15, 0.2) is 18.2 Å². The Bertz CT molecular complexity index is 471. The molecule has 0 saturated carbocycles. The Kier molecular flexibility index (Phi) is 3.10. The molecule has 0 atom stereocenters. The summed E-state index contributed by atoms with van der Waals surface area (Å²) in [4.78, 5) is 24.8. The fourth-order valence-corrected chi connectivity index (χ4v) is 1.90. The summed E-state index contributed by atoms with van der Waals surface area (Å²) in [7, 11) is 0. The maximum absolute atomic E-state index is 11.7. The van der Waals surface area contributed by atoms with Crippen LogP contribution in [0.3, 0.4) is 0 Å². The molecule has 17 heavy (non-hydrogen) atoms. The van der Waals surface area contributed by atoms with Crippen molar-refractivity contribution in [3.8, 4) is 0 Å². The standard InChI is InChI=1S/C12H15N3O2/c1-8-2-3-10-9(6-8)14-11(16)4-5-15(10)12(17)7-13/h2-3,6H,4-5,7,13H2,1H3,(H,14,16). The van der Waals surface area contributed by atoms with Crippen molar-refractivity contribution in [1.82, 2.24) is 0 Å². The van der Waals surface area contributed by atoms with Crippen LogP contribution in [-0.4, -0.2) is 24.9 Å². The first-order valence-corrected chi connectivity index (χ1v) is 5.53. The summed E-state index contributed by atoms with van der Waals surface area (Å²) in [5, 5.41) is 2.80. The second-order valence-electron chi connectivity index (χ2n) is 4.07. The normalized spacial score (nSPS) is 14.9. The van der Waals surface area contributed by atoms with Gasteiger partial charge in [-0.25, -0.2) is 0 Å². The SMILES string of the molecule is Cc1ccc2c(c1)NC(=O)CCN2C(=O)CN. The number of rotatable bonds is 1. The molecule has 0 fully saturated rings. The lowest BCUT2D eigenvalue weighted by Crippen LogP contribution is -2.36. The Labute approximate surface area is 99.6 Å². The van der Waals surface area contributed by atoms with E-state index < -0.39 is 0 Å². The van der Waals surface area contributed by atoms with Crippen LogP contribution >= 0.6 is 0 Å². The Hall–Kier alpha value is -1.88. The molecule has 0 bridgehead atoms. The Morgan fingerprint density at radius 2 is 2.29 bits per heavy atom. The number of aryl methyl sites for hydroxylation is 1. The van der Waals surface area contributed by atoms with Crippen LogP contribution in [-0.2, 0) is 9.59 Å². The predicted molar refractivity (Wildman–Crippen MR) is 65.8 cm³/mol. The number of amides is 2. The van der Waals surface area contributed by atoms with Gasteiger partial charge in [-0.15, -0.1) is 0 Å². The molecule has 1 heterocycles. The van der Waals surface area contributed by atoms with Crippen LogP contribution in [0.5, 0.6) is 0 Å². The molecule has 0 aromatic heterocycles. The first-order chi connectivity index (χ1) is 8.11. The van der Waals surface area contributed by atoms with Crippen molar-refractivity contribution in [3.05, 3.63) is 23.8 Å². The molecule has 2 amide bonds. The Balaban J connectivity index is 2.46. The first-order valence-electron chi connectivity index (χ1n) is 5.53. The number of carbonyl (C=O) groups is 2. The molecule has 1 aromatic rings. The Morgan fingerprint density at radius 3 is 3.00 bits per heavy atom. The number of anilines is 2. The predicted octanol–water partition coefficient (Wildman–Crippen LogP) is 0.629. The zero-order chi connectivity index (χ0) is 12.4. The van der Waals surface area contributed by atoms with Crippen molar-refractivity contribution in [2.45, 2.75) is 13.3 Å². The van der Waals surface area contributed by atoms with Gasteiger partial charge >= 0.3 is 0 Å². The van der Waals surface area contributed by atoms with E-state index in [1.807, 2.05) is 25.1 Å². The maximum atomic E-state index is 11.7. The van der Waals surface area contributed by atoms with Gasteiger partial charge in [-0.05, 0) is 24.6 Å². The molecular weight excluding hydrogens is 218 g/mol. The number of hydrogen-bond donors (Lipinski definition) is 2. The van der Waals surface area contributed by atoms with Gasteiger partial charge in [0.05, 0.1) is 17.9 Å². The topological polar surface area (TPSA) is 75.4 Å². The summed E-state index contributed by atoms with van der Waals surface area (Å²) in [6.45, 7) is 2.26. The number of carbonyl (C=O) groups excluding carboxylic acids is 2. The minimum absolute atomic E-state index is 0.0541. The van der Waals surface area contributed by atoms with E-state index in [4.69, 9.17) is 5.73 Å². The monoisotopic (exact) mass is 233 g/mol. The zero-order valence-electron chi connectivity index (χ0n) is 9.69. The van der Waals surface area contributed by atoms with Gasteiger partial charge in [-0.1, -0.05) is 6.07 Å². The molecule has 0 spiro atoms. The zero-order valence-corrected chi connectivity index (χ0v) is 9.69. The first kappa shape index (κ1) is 11.6. The minimum Gasteiger partial charge on any atom is -0.324 e. The maximum Gasteiger partial charge on any atom is 0.240 e. The molecule has 3 N–H and O–H groups in total. The molecule has 2 rings (SSSR count). The number of nitrogens with zero attached hydrogens (tertiary/aromatic N) is 1. The van der Waals surface area contributed by atoms with Gasteiger partial charge in [0.25, 0.3) is 0 Å². The van der Waals surface area contributed by atoms with Gasteiger partial charge in [-0.3, -0.25) is 9.59 Å². The van der Waals surface area contributed by atoms with E-state index in [-0.39, 0.29) is 18.4 Å². The van der Waals surface area contributed by atoms with E-state index in [1.165, 1.54) is 0 Å². The van der Waals surface area contributed by atoms with Crippen molar-refractivity contribution in [1.29, 1.82) is 0 Å². The highest BCUT2D eigenvalue weighted by Gasteiger charge is 2.22. The van der Waals surface area contributed by atoms with Crippen LogP contribution in [0.2, 0.25) is 0 Å². The van der Waals surface area contributed by atoms with Crippen LogP contribution < -0.4 is 16.0 Å². The smallest absolute Gasteiger partial charge is 0.240 e. The summed E-state index contributed by atoms with van der Waals surface area (Å²) in [6.07, 6.45) is 0.291. The van der Waals surface area contributed by atoms with Crippen LogP contribution in [0.1, 0.15) is 12.0 Å². The summed E-state index contributed by atoms with van der Waals surface area (Å²) < 4.78 is 0. The number of nitrogens with two attached hydrogens (primary N) is 1. The molecule has 0 radical (unpaired) electrons. The lowest BCUT2D eigenvalue weighted by Gasteiger charge is -2.21. The van der Waals surface area contributed by atoms with Gasteiger partial charge < -0.3 is 16.0 Å². The third kappa shape index (κ3) is 2.29. The summed E-state index contributed by atoms with van der Waals surface area (Å²) in [6, 6.07) is 5.60. The van der Waals surface area contributed by atoms with E-state index in [9.17, 15) is 9.59 Å². The van der Waals surface area contributed by atoms with Crippen LogP contribution in [0, 0.1) is 6.92 Å². The van der Waals surface area contributed by atoms with Gasteiger partial charge in [0.15, 0.2) is 0 Å². The lowest BCUT2D eigenvalue weighted by molar-refractivity contribution is -0.117. The van der Waals surface area contributed by atoms with Crippen molar-refractivity contribution >= 4 is 23.2 Å².